The van der Waals surface area contributed by atoms with Crippen molar-refractivity contribution >= 4 is 0 Å². The van der Waals surface area contributed by atoms with Gasteiger partial charge in [-0.15, -0.1) is 0 Å². The molecule has 1 atom stereocenters. The summed E-state index contributed by atoms with van der Waals surface area (Å²) >= 11 is 0. The van der Waals surface area contributed by atoms with Gasteiger partial charge in [-0.05, 0) is 41.8 Å². The van der Waals surface area contributed by atoms with E-state index in [-0.39, 0.29) is 17.7 Å². The minimum Gasteiger partial charge on any atom is -0.360 e. The Hall–Kier alpha value is -2.53. The standard InChI is InChI=1S/C18H16F2N2O/c19-15-5-1-3-13(9-15)10-18(14-4-2-6-16(20)11-14)21-12-17-7-8-22-23-17/h1-9,11,18,21H,10,12H2/t18-/m0/s1. The summed E-state index contributed by atoms with van der Waals surface area (Å²) in [7, 11) is 0. The van der Waals surface area contributed by atoms with Gasteiger partial charge in [-0.25, -0.2) is 8.78 Å². The summed E-state index contributed by atoms with van der Waals surface area (Å²) in [6, 6.07) is 14.4. The van der Waals surface area contributed by atoms with Gasteiger partial charge in [-0.3, -0.25) is 0 Å². The second-order valence-corrected chi connectivity index (χ2v) is 5.30. The molecule has 1 N–H and O–H groups in total. The minimum absolute atomic E-state index is 0.169. The van der Waals surface area contributed by atoms with Crippen LogP contribution in [-0.4, -0.2) is 5.16 Å². The summed E-state index contributed by atoms with van der Waals surface area (Å²) in [5, 5.41) is 6.97. The number of hydrogen-bond donors (Lipinski definition) is 1. The summed E-state index contributed by atoms with van der Waals surface area (Å²) < 4.78 is 32.0. The molecule has 3 aromatic rings. The van der Waals surface area contributed by atoms with Crippen molar-refractivity contribution in [1.29, 1.82) is 0 Å². The zero-order valence-corrected chi connectivity index (χ0v) is 12.4. The van der Waals surface area contributed by atoms with Crippen LogP contribution >= 0.6 is 0 Å². The first kappa shape index (κ1) is 15.4. The van der Waals surface area contributed by atoms with Crippen molar-refractivity contribution in [2.45, 2.75) is 19.0 Å². The molecule has 0 unspecified atom stereocenters. The van der Waals surface area contributed by atoms with Gasteiger partial charge in [0.1, 0.15) is 17.4 Å². The molecule has 1 heterocycles. The topological polar surface area (TPSA) is 38.1 Å². The highest BCUT2D eigenvalue weighted by molar-refractivity contribution is 5.25. The smallest absolute Gasteiger partial charge is 0.150 e. The molecule has 0 saturated carbocycles. The first-order valence-corrected chi connectivity index (χ1v) is 7.33. The summed E-state index contributed by atoms with van der Waals surface area (Å²) in [5.74, 6) is 0.106. The fraction of sp³-hybridized carbons (Fsp3) is 0.167. The lowest BCUT2D eigenvalue weighted by atomic mass is 9.98. The van der Waals surface area contributed by atoms with Crippen molar-refractivity contribution in [2.24, 2.45) is 0 Å². The fourth-order valence-electron chi connectivity index (χ4n) is 2.49. The summed E-state index contributed by atoms with van der Waals surface area (Å²) in [6.45, 7) is 0.455. The summed E-state index contributed by atoms with van der Waals surface area (Å²) in [5.41, 5.74) is 1.64. The van der Waals surface area contributed by atoms with Crippen LogP contribution in [0.25, 0.3) is 0 Å². The zero-order valence-electron chi connectivity index (χ0n) is 12.4. The van der Waals surface area contributed by atoms with Crippen LogP contribution in [0.5, 0.6) is 0 Å². The zero-order chi connectivity index (χ0) is 16.1. The molecule has 1 aromatic heterocycles. The van der Waals surface area contributed by atoms with E-state index in [0.717, 1.165) is 11.1 Å². The molecule has 3 rings (SSSR count). The lowest BCUT2D eigenvalue weighted by Gasteiger charge is -2.19. The van der Waals surface area contributed by atoms with Crippen LogP contribution in [0.15, 0.2) is 65.3 Å². The van der Waals surface area contributed by atoms with Crippen LogP contribution in [0.3, 0.4) is 0 Å². The quantitative estimate of drug-likeness (QED) is 0.746. The summed E-state index contributed by atoms with van der Waals surface area (Å²) in [4.78, 5) is 0. The molecule has 0 saturated heterocycles. The van der Waals surface area contributed by atoms with E-state index in [1.54, 1.807) is 24.4 Å². The molecular formula is C18H16F2N2O. The third-order valence-electron chi connectivity index (χ3n) is 3.59. The first-order chi connectivity index (χ1) is 11.2. The van der Waals surface area contributed by atoms with E-state index in [9.17, 15) is 8.78 Å². The number of hydrogen-bond acceptors (Lipinski definition) is 3. The normalized spacial score (nSPS) is 12.3. The van der Waals surface area contributed by atoms with Gasteiger partial charge >= 0.3 is 0 Å². The van der Waals surface area contributed by atoms with Crippen LogP contribution in [0.1, 0.15) is 22.9 Å². The van der Waals surface area contributed by atoms with Crippen molar-refractivity contribution in [2.75, 3.05) is 0 Å². The van der Waals surface area contributed by atoms with Gasteiger partial charge in [-0.2, -0.15) is 0 Å². The van der Waals surface area contributed by atoms with E-state index in [1.807, 2.05) is 12.1 Å². The Bertz CT molecular complexity index is 759. The summed E-state index contributed by atoms with van der Waals surface area (Å²) in [6.07, 6.45) is 2.11. The van der Waals surface area contributed by atoms with Crippen LogP contribution in [0.4, 0.5) is 8.78 Å². The van der Waals surface area contributed by atoms with Crippen molar-refractivity contribution in [3.05, 3.63) is 89.3 Å². The van der Waals surface area contributed by atoms with Crippen LogP contribution in [0.2, 0.25) is 0 Å². The number of aromatic nitrogens is 1. The van der Waals surface area contributed by atoms with Crippen molar-refractivity contribution < 1.29 is 13.3 Å². The van der Waals surface area contributed by atoms with Gasteiger partial charge < -0.3 is 9.84 Å². The Kier molecular flexibility index (Phi) is 4.78. The minimum atomic E-state index is -0.298. The second-order valence-electron chi connectivity index (χ2n) is 5.30. The number of rotatable bonds is 6. The first-order valence-electron chi connectivity index (χ1n) is 7.33. The van der Waals surface area contributed by atoms with Gasteiger partial charge in [0.25, 0.3) is 0 Å². The third kappa shape index (κ3) is 4.23. The Morgan fingerprint density at radius 1 is 1.00 bits per heavy atom. The molecule has 3 nitrogen and oxygen atoms in total. The molecular weight excluding hydrogens is 298 g/mol. The maximum absolute atomic E-state index is 13.5. The molecule has 118 valence electrons. The third-order valence-corrected chi connectivity index (χ3v) is 3.59. The van der Waals surface area contributed by atoms with Crippen molar-refractivity contribution in [3.8, 4) is 0 Å². The van der Waals surface area contributed by atoms with Crippen LogP contribution in [-0.2, 0) is 13.0 Å². The van der Waals surface area contributed by atoms with Crippen molar-refractivity contribution in [3.63, 3.8) is 0 Å². The average Bonchev–Trinajstić information content (AvgIpc) is 3.05. The number of nitrogens with zero attached hydrogens (tertiary/aromatic N) is 1. The Labute approximate surface area is 132 Å². The number of benzene rings is 2. The SMILES string of the molecule is Fc1cccc(C[C@H](NCc2ccno2)c2cccc(F)c2)c1. The number of nitrogens with one attached hydrogen (secondary N) is 1. The van der Waals surface area contributed by atoms with E-state index >= 15 is 0 Å². The lowest BCUT2D eigenvalue weighted by Crippen LogP contribution is -2.23. The molecule has 23 heavy (non-hydrogen) atoms. The maximum atomic E-state index is 13.5. The second kappa shape index (κ2) is 7.15. The van der Waals surface area contributed by atoms with E-state index in [0.29, 0.717) is 18.7 Å². The van der Waals surface area contributed by atoms with Gasteiger partial charge in [0.05, 0.1) is 12.7 Å². The Morgan fingerprint density at radius 2 is 1.78 bits per heavy atom. The van der Waals surface area contributed by atoms with Gasteiger partial charge in [0.15, 0.2) is 0 Å². The molecule has 0 radical (unpaired) electrons. The van der Waals surface area contributed by atoms with Gasteiger partial charge in [0, 0.05) is 12.1 Å². The molecule has 0 amide bonds. The fourth-order valence-corrected chi connectivity index (χ4v) is 2.49. The Balaban J connectivity index is 1.80. The molecule has 0 bridgehead atoms. The molecule has 0 aliphatic rings. The predicted molar refractivity (Wildman–Crippen MR) is 82.6 cm³/mol. The molecule has 0 aliphatic carbocycles. The lowest BCUT2D eigenvalue weighted by molar-refractivity contribution is 0.362. The molecule has 0 fully saturated rings. The van der Waals surface area contributed by atoms with Gasteiger partial charge in [-0.1, -0.05) is 29.4 Å². The van der Waals surface area contributed by atoms with Gasteiger partial charge in [0.2, 0.25) is 0 Å². The van der Waals surface area contributed by atoms with Crippen LogP contribution in [0, 0.1) is 11.6 Å². The highest BCUT2D eigenvalue weighted by atomic mass is 19.1. The average molecular weight is 314 g/mol. The monoisotopic (exact) mass is 314 g/mol. The highest BCUT2D eigenvalue weighted by Gasteiger charge is 2.14. The molecule has 0 aliphatic heterocycles. The van der Waals surface area contributed by atoms with Crippen molar-refractivity contribution in [1.82, 2.24) is 10.5 Å². The predicted octanol–water partition coefficient (Wildman–Crippen LogP) is 4.03. The van der Waals surface area contributed by atoms with E-state index in [4.69, 9.17) is 4.52 Å². The van der Waals surface area contributed by atoms with E-state index < -0.39 is 0 Å². The largest absolute Gasteiger partial charge is 0.360 e. The molecule has 2 aromatic carbocycles. The highest BCUT2D eigenvalue weighted by Crippen LogP contribution is 2.20. The van der Waals surface area contributed by atoms with E-state index in [2.05, 4.69) is 10.5 Å². The maximum Gasteiger partial charge on any atom is 0.150 e. The van der Waals surface area contributed by atoms with Crippen LogP contribution < -0.4 is 5.32 Å². The van der Waals surface area contributed by atoms with E-state index in [1.165, 1.54) is 24.3 Å². The molecule has 0 spiro atoms. The Morgan fingerprint density at radius 3 is 2.48 bits per heavy atom. The number of halogens is 2. The molecule has 5 heteroatoms.